The first-order valence-corrected chi connectivity index (χ1v) is 19.0. The number of methoxy groups -OCH3 is 1. The number of carbonyl (C=O) groups excluding carboxylic acids is 4. The van der Waals surface area contributed by atoms with Crippen molar-refractivity contribution in [3.63, 3.8) is 0 Å². The monoisotopic (exact) mass is 785 g/mol. The third-order valence-corrected chi connectivity index (χ3v) is 10.4. The van der Waals surface area contributed by atoms with E-state index in [0.29, 0.717) is 12.7 Å². The maximum Gasteiger partial charge on any atom is 0.309 e. The molecule has 16 unspecified atom stereocenters. The third-order valence-electron chi connectivity index (χ3n) is 10.4. The summed E-state index contributed by atoms with van der Waals surface area (Å²) >= 11 is 0. The lowest BCUT2D eigenvalue weighted by molar-refractivity contribution is -0.344. The molecule has 16 atom stereocenters. The Labute approximate surface area is 324 Å². The summed E-state index contributed by atoms with van der Waals surface area (Å²) < 4.78 is 48.0. The van der Waals surface area contributed by atoms with Crippen LogP contribution in [0.15, 0.2) is 24.3 Å². The predicted molar refractivity (Wildman–Crippen MR) is 196 cm³/mol. The van der Waals surface area contributed by atoms with Crippen molar-refractivity contribution >= 4 is 24.2 Å². The largest absolute Gasteiger partial charge is 0.462 e. The molecule has 0 bridgehead atoms. The normalized spacial score (nSPS) is 41.0. The summed E-state index contributed by atoms with van der Waals surface area (Å²) in [5, 5.41) is 34.3. The number of carbonyl (C=O) groups is 4. The number of esters is 3. The van der Waals surface area contributed by atoms with Crippen LogP contribution < -0.4 is 0 Å². The van der Waals surface area contributed by atoms with Crippen LogP contribution in [0.1, 0.15) is 80.6 Å². The van der Waals surface area contributed by atoms with Crippen LogP contribution in [0.25, 0.3) is 0 Å². The van der Waals surface area contributed by atoms with Crippen LogP contribution in [0.3, 0.4) is 0 Å². The van der Waals surface area contributed by atoms with Gasteiger partial charge in [-0.2, -0.15) is 0 Å². The number of aldehydes is 1. The number of nitrogens with zero attached hydrogens (tertiary/aromatic N) is 1. The van der Waals surface area contributed by atoms with Gasteiger partial charge < -0.3 is 62.9 Å². The topological polar surface area (TPSA) is 206 Å². The molecule has 16 nitrogen and oxygen atoms in total. The zero-order chi connectivity index (χ0) is 41.2. The minimum Gasteiger partial charge on any atom is -0.462 e. The number of hydrogen-bond acceptors (Lipinski definition) is 16. The Morgan fingerprint density at radius 1 is 0.982 bits per heavy atom. The van der Waals surface area contributed by atoms with Gasteiger partial charge >= 0.3 is 17.9 Å². The summed E-state index contributed by atoms with van der Waals surface area (Å²) in [6, 6.07) is -0.778. The first-order valence-electron chi connectivity index (χ1n) is 19.0. The van der Waals surface area contributed by atoms with E-state index in [-0.39, 0.29) is 19.3 Å². The highest BCUT2D eigenvalue weighted by molar-refractivity contribution is 5.72. The molecule has 16 heteroatoms. The van der Waals surface area contributed by atoms with E-state index in [1.165, 1.54) is 27.9 Å². The summed E-state index contributed by atoms with van der Waals surface area (Å²) in [6.07, 6.45) is -4.26. The van der Waals surface area contributed by atoms with E-state index in [2.05, 4.69) is 0 Å². The summed E-state index contributed by atoms with van der Waals surface area (Å²) in [7, 11) is 4.84. The first kappa shape index (κ1) is 46.6. The zero-order valence-electron chi connectivity index (χ0n) is 33.8. The van der Waals surface area contributed by atoms with Crippen LogP contribution in [0.5, 0.6) is 0 Å². The lowest BCUT2D eigenvalue weighted by Crippen LogP contribution is -2.66. The molecule has 0 aromatic heterocycles. The van der Waals surface area contributed by atoms with E-state index in [9.17, 15) is 34.5 Å². The van der Waals surface area contributed by atoms with Crippen molar-refractivity contribution in [2.24, 2.45) is 11.8 Å². The summed E-state index contributed by atoms with van der Waals surface area (Å²) in [4.78, 5) is 51.3. The van der Waals surface area contributed by atoms with E-state index in [4.69, 9.17) is 37.9 Å². The van der Waals surface area contributed by atoms with Crippen LogP contribution in [-0.4, -0.2) is 151 Å². The number of hydrogen-bond donors (Lipinski definition) is 3. The Morgan fingerprint density at radius 2 is 1.65 bits per heavy atom. The molecule has 3 rings (SSSR count). The zero-order valence-corrected chi connectivity index (χ0v) is 33.8. The molecular formula is C39H63NO15. The number of aliphatic hydroxyl groups excluding tert-OH is 2. The Bertz CT molecular complexity index is 1320. The van der Waals surface area contributed by atoms with Crippen molar-refractivity contribution in [1.29, 1.82) is 0 Å². The first-order chi connectivity index (χ1) is 25.8. The van der Waals surface area contributed by atoms with Crippen molar-refractivity contribution < 1.29 is 72.4 Å². The van der Waals surface area contributed by atoms with E-state index in [0.717, 1.165) is 0 Å². The number of cyclic esters (lactones) is 1. The fourth-order valence-corrected chi connectivity index (χ4v) is 7.73. The van der Waals surface area contributed by atoms with Gasteiger partial charge in [0.1, 0.15) is 42.4 Å². The van der Waals surface area contributed by atoms with Gasteiger partial charge in [-0.1, -0.05) is 31.2 Å². The minimum absolute atomic E-state index is 0.0477. The molecule has 314 valence electrons. The number of ether oxygens (including phenoxy) is 8. The number of allylic oxidation sites excluding steroid dienone is 2. The van der Waals surface area contributed by atoms with Crippen molar-refractivity contribution in [2.75, 3.05) is 21.2 Å². The second-order valence-electron chi connectivity index (χ2n) is 15.5. The maximum atomic E-state index is 13.2. The SMILES string of the molecule is COC1C(OC(C)=O)CC(=O)OC(C)CC=CC=CC(O)C(C)CC(CC=O)C1OC1OC(C)C(OC2CC(C)(O)C(OC(C)=O)C(C)O2)C(N(C)C)C1O. The molecule has 3 aliphatic rings. The minimum atomic E-state index is -1.49. The molecule has 0 aromatic carbocycles. The van der Waals surface area contributed by atoms with Crippen LogP contribution in [-0.2, 0) is 57.1 Å². The van der Waals surface area contributed by atoms with Crippen LogP contribution in [0.4, 0.5) is 0 Å². The van der Waals surface area contributed by atoms with Crippen LogP contribution in [0.2, 0.25) is 0 Å². The third kappa shape index (κ3) is 13.1. The second kappa shape index (κ2) is 21.1. The summed E-state index contributed by atoms with van der Waals surface area (Å²) in [6.45, 7) is 10.9. The van der Waals surface area contributed by atoms with E-state index in [1.807, 2.05) is 6.92 Å². The van der Waals surface area contributed by atoms with Crippen LogP contribution in [0, 0.1) is 11.8 Å². The standard InChI is InChI=1S/C39H63NO15/c1-21-18-27(16-17-41)35(36(48-10)29(52-25(5)42)19-30(45)49-22(2)14-12-11-13-15-28(21)44)55-38-33(46)32(40(8)9)34(23(3)51-38)54-31-20-39(7,47)37(24(4)50-31)53-26(6)43/h11-13,15,17,21-24,27-29,31-38,44,46-47H,14,16,18-20H2,1-10H3. The molecule has 3 N–H and O–H groups in total. The Morgan fingerprint density at radius 3 is 2.24 bits per heavy atom. The van der Waals surface area contributed by atoms with Crippen molar-refractivity contribution in [1.82, 2.24) is 4.90 Å². The second-order valence-corrected chi connectivity index (χ2v) is 15.5. The van der Waals surface area contributed by atoms with Gasteiger partial charge in [-0.15, -0.1) is 0 Å². The van der Waals surface area contributed by atoms with Gasteiger partial charge in [0, 0.05) is 40.2 Å². The molecule has 0 radical (unpaired) electrons. The van der Waals surface area contributed by atoms with Crippen molar-refractivity contribution in [2.45, 2.75) is 166 Å². The summed E-state index contributed by atoms with van der Waals surface area (Å²) in [5.74, 6) is -3.01. The lowest BCUT2D eigenvalue weighted by atomic mass is 9.82. The average Bonchev–Trinajstić information content (AvgIpc) is 3.06. The van der Waals surface area contributed by atoms with E-state index < -0.39 is 121 Å². The Hall–Kier alpha value is -2.80. The highest BCUT2D eigenvalue weighted by Gasteiger charge is 2.52. The van der Waals surface area contributed by atoms with Gasteiger partial charge in [0.25, 0.3) is 0 Å². The smallest absolute Gasteiger partial charge is 0.309 e. The molecule has 0 aromatic rings. The quantitative estimate of drug-likeness (QED) is 0.165. The molecule has 0 aliphatic carbocycles. The fraction of sp³-hybridized carbons (Fsp3) is 0.795. The van der Waals surface area contributed by atoms with Gasteiger partial charge in [-0.3, -0.25) is 14.4 Å². The van der Waals surface area contributed by atoms with Gasteiger partial charge in [0.15, 0.2) is 18.7 Å². The molecule has 0 saturated carbocycles. The Kier molecular flexibility index (Phi) is 17.9. The van der Waals surface area contributed by atoms with Gasteiger partial charge in [0.2, 0.25) is 0 Å². The molecule has 0 amide bonds. The number of likely N-dealkylation sites (N-methyl/N-ethyl adjacent to an activating group) is 1. The highest BCUT2D eigenvalue weighted by atomic mass is 16.7. The molecule has 3 heterocycles. The lowest BCUT2D eigenvalue weighted by Gasteiger charge is -2.50. The molecule has 3 aliphatic heterocycles. The van der Waals surface area contributed by atoms with E-state index in [1.54, 1.807) is 64.1 Å². The molecular weight excluding hydrogens is 722 g/mol. The molecule has 55 heavy (non-hydrogen) atoms. The van der Waals surface area contributed by atoms with Crippen LogP contribution >= 0.6 is 0 Å². The van der Waals surface area contributed by atoms with Gasteiger partial charge in [-0.25, -0.2) is 0 Å². The number of aliphatic hydroxyl groups is 3. The highest BCUT2D eigenvalue weighted by Crippen LogP contribution is 2.37. The van der Waals surface area contributed by atoms with Crippen molar-refractivity contribution in [3.05, 3.63) is 24.3 Å². The maximum absolute atomic E-state index is 13.2. The molecule has 2 fully saturated rings. The Balaban J connectivity index is 2.01. The molecule has 0 spiro atoms. The van der Waals surface area contributed by atoms with E-state index >= 15 is 0 Å². The van der Waals surface area contributed by atoms with Crippen molar-refractivity contribution in [3.8, 4) is 0 Å². The number of rotatable bonds is 10. The predicted octanol–water partition coefficient (Wildman–Crippen LogP) is 1.99. The van der Waals surface area contributed by atoms with Gasteiger partial charge in [0.05, 0.1) is 36.9 Å². The molecule has 2 saturated heterocycles. The average molecular weight is 786 g/mol. The fourth-order valence-electron chi connectivity index (χ4n) is 7.73. The summed E-state index contributed by atoms with van der Waals surface area (Å²) in [5.41, 5.74) is -1.49. The van der Waals surface area contributed by atoms with Gasteiger partial charge in [-0.05, 0) is 60.0 Å².